The Bertz CT molecular complexity index is 1430. The molecule has 7 heteroatoms. The predicted octanol–water partition coefficient (Wildman–Crippen LogP) is 8.26. The van der Waals surface area contributed by atoms with Gasteiger partial charge in [-0.2, -0.15) is 18.3 Å². The molecule has 0 atom stereocenters. The quantitative estimate of drug-likeness (QED) is 0.257. The number of fused-ring (bicyclic) bond motifs is 3. The van der Waals surface area contributed by atoms with Crippen LogP contribution in [-0.2, 0) is 12.6 Å². The molecule has 1 N–H and O–H groups in total. The van der Waals surface area contributed by atoms with Crippen LogP contribution >= 0.6 is 11.3 Å². The number of benzene rings is 2. The predicted molar refractivity (Wildman–Crippen MR) is 128 cm³/mol. The lowest BCUT2D eigenvalue weighted by Gasteiger charge is -2.12. The van der Waals surface area contributed by atoms with Crippen LogP contribution in [0.15, 0.2) is 60.8 Å². The molecule has 0 fully saturated rings. The number of pyridine rings is 1. The zero-order valence-electron chi connectivity index (χ0n) is 18.0. The standard InChI is InChI=1S/C26H22F3N3S/c1-2-3-4-7-16-12-20-18-8-5-6-9-23(18)33-24(20)14-19(16)17-10-11-30-21(13-17)22-15-25(32-31-22)26(27,28)29/h5-6,8-15H,2-4,7H2,1H3,(H,31,32). The molecule has 0 aliphatic rings. The number of unbranched alkanes of at least 4 members (excludes halogenated alkanes) is 2. The van der Waals surface area contributed by atoms with Crippen LogP contribution in [0, 0.1) is 0 Å². The normalized spacial score (nSPS) is 12.1. The molecule has 3 nitrogen and oxygen atoms in total. The Morgan fingerprint density at radius 2 is 1.79 bits per heavy atom. The average Bonchev–Trinajstić information content (AvgIpc) is 3.44. The van der Waals surface area contributed by atoms with Crippen LogP contribution in [0.4, 0.5) is 13.2 Å². The average molecular weight is 466 g/mol. The number of thiophene rings is 1. The van der Waals surface area contributed by atoms with Gasteiger partial charge in [0.05, 0.1) is 11.4 Å². The van der Waals surface area contributed by atoms with Crippen molar-refractivity contribution in [2.24, 2.45) is 0 Å². The van der Waals surface area contributed by atoms with Crippen molar-refractivity contribution in [3.05, 3.63) is 72.1 Å². The number of aryl methyl sites for hydroxylation is 1. The molecule has 0 bridgehead atoms. The molecule has 168 valence electrons. The van der Waals surface area contributed by atoms with E-state index in [9.17, 15) is 13.2 Å². The van der Waals surface area contributed by atoms with E-state index in [2.05, 4.69) is 58.5 Å². The highest BCUT2D eigenvalue weighted by atomic mass is 32.1. The second-order valence-electron chi connectivity index (χ2n) is 8.16. The number of aromatic nitrogens is 3. The van der Waals surface area contributed by atoms with E-state index in [0.29, 0.717) is 5.69 Å². The lowest BCUT2D eigenvalue weighted by Crippen LogP contribution is -2.04. The molecule has 0 unspecified atom stereocenters. The summed E-state index contributed by atoms with van der Waals surface area (Å²) in [5.41, 5.74) is 3.03. The number of rotatable bonds is 6. The van der Waals surface area contributed by atoms with E-state index in [0.717, 1.165) is 42.9 Å². The van der Waals surface area contributed by atoms with E-state index >= 15 is 0 Å². The Balaban J connectivity index is 1.62. The van der Waals surface area contributed by atoms with Crippen LogP contribution < -0.4 is 0 Å². The topological polar surface area (TPSA) is 41.6 Å². The molecule has 3 heterocycles. The first-order valence-corrected chi connectivity index (χ1v) is 11.8. The van der Waals surface area contributed by atoms with Crippen molar-refractivity contribution in [2.75, 3.05) is 0 Å². The number of halogens is 3. The first-order chi connectivity index (χ1) is 15.9. The Morgan fingerprint density at radius 1 is 0.939 bits per heavy atom. The largest absolute Gasteiger partial charge is 0.435 e. The van der Waals surface area contributed by atoms with Crippen molar-refractivity contribution < 1.29 is 13.2 Å². The highest BCUT2D eigenvalue weighted by Crippen LogP contribution is 2.39. The third-order valence-corrected chi connectivity index (χ3v) is 7.00. The molecule has 0 aliphatic heterocycles. The zero-order chi connectivity index (χ0) is 23.0. The molecule has 33 heavy (non-hydrogen) atoms. The van der Waals surface area contributed by atoms with E-state index in [1.807, 2.05) is 12.1 Å². The number of aromatic amines is 1. The monoisotopic (exact) mass is 465 g/mol. The molecule has 2 aromatic carbocycles. The van der Waals surface area contributed by atoms with E-state index in [4.69, 9.17) is 0 Å². The smallest absolute Gasteiger partial charge is 0.276 e. The van der Waals surface area contributed by atoms with Gasteiger partial charge in [0.15, 0.2) is 5.69 Å². The Kier molecular flexibility index (Phi) is 5.66. The molecule has 0 amide bonds. The fourth-order valence-corrected chi connectivity index (χ4v) is 5.33. The van der Waals surface area contributed by atoms with Gasteiger partial charge >= 0.3 is 6.18 Å². The number of nitrogens with zero attached hydrogens (tertiary/aromatic N) is 2. The van der Waals surface area contributed by atoms with E-state index in [1.54, 1.807) is 17.5 Å². The first kappa shape index (κ1) is 21.6. The number of hydrogen-bond donors (Lipinski definition) is 1. The Labute approximate surface area is 193 Å². The summed E-state index contributed by atoms with van der Waals surface area (Å²) in [7, 11) is 0. The van der Waals surface area contributed by atoms with Crippen molar-refractivity contribution in [1.29, 1.82) is 0 Å². The van der Waals surface area contributed by atoms with Crippen LogP contribution in [0.2, 0.25) is 0 Å². The van der Waals surface area contributed by atoms with Crippen molar-refractivity contribution in [2.45, 2.75) is 38.8 Å². The van der Waals surface area contributed by atoms with Crippen molar-refractivity contribution in [3.8, 4) is 22.5 Å². The van der Waals surface area contributed by atoms with Crippen LogP contribution in [0.3, 0.4) is 0 Å². The van der Waals surface area contributed by atoms with Crippen molar-refractivity contribution in [3.63, 3.8) is 0 Å². The molecule has 5 rings (SSSR count). The van der Waals surface area contributed by atoms with Gasteiger partial charge in [-0.3, -0.25) is 10.1 Å². The summed E-state index contributed by atoms with van der Waals surface area (Å²) < 4.78 is 41.4. The maximum absolute atomic E-state index is 13.0. The minimum absolute atomic E-state index is 0.250. The first-order valence-electron chi connectivity index (χ1n) is 11.0. The van der Waals surface area contributed by atoms with E-state index < -0.39 is 11.9 Å². The minimum Gasteiger partial charge on any atom is -0.276 e. The van der Waals surface area contributed by atoms with Crippen LogP contribution in [0.25, 0.3) is 42.7 Å². The molecule has 0 radical (unpaired) electrons. The lowest BCUT2D eigenvalue weighted by atomic mass is 9.94. The molecular weight excluding hydrogens is 443 g/mol. The highest BCUT2D eigenvalue weighted by molar-refractivity contribution is 7.25. The molecule has 0 spiro atoms. The molecule has 0 aliphatic carbocycles. The van der Waals surface area contributed by atoms with Crippen LogP contribution in [0.5, 0.6) is 0 Å². The second kappa shape index (κ2) is 8.63. The van der Waals surface area contributed by atoms with Crippen molar-refractivity contribution in [1.82, 2.24) is 15.2 Å². The van der Waals surface area contributed by atoms with Gasteiger partial charge in [0, 0.05) is 26.4 Å². The summed E-state index contributed by atoms with van der Waals surface area (Å²) in [6.07, 6.45) is 1.47. The summed E-state index contributed by atoms with van der Waals surface area (Å²) in [5, 5.41) is 8.40. The van der Waals surface area contributed by atoms with Gasteiger partial charge in [0.2, 0.25) is 0 Å². The van der Waals surface area contributed by atoms with Gasteiger partial charge in [0.25, 0.3) is 0 Å². The van der Waals surface area contributed by atoms with E-state index in [-0.39, 0.29) is 5.69 Å². The maximum atomic E-state index is 13.0. The lowest BCUT2D eigenvalue weighted by molar-refractivity contribution is -0.141. The fourth-order valence-electron chi connectivity index (χ4n) is 4.20. The van der Waals surface area contributed by atoms with E-state index in [1.165, 1.54) is 25.7 Å². The van der Waals surface area contributed by atoms with Gasteiger partial charge in [-0.05, 0) is 65.9 Å². The summed E-state index contributed by atoms with van der Waals surface area (Å²) >= 11 is 1.76. The number of nitrogens with one attached hydrogen (secondary N) is 1. The van der Waals surface area contributed by atoms with Crippen molar-refractivity contribution >= 4 is 31.5 Å². The second-order valence-corrected chi connectivity index (χ2v) is 9.24. The molecule has 5 aromatic rings. The third kappa shape index (κ3) is 4.25. The molecule has 0 saturated carbocycles. The SMILES string of the molecule is CCCCCc1cc2c(cc1-c1ccnc(-c3cc(C(F)(F)F)n[nH]3)c1)sc1ccccc12. The maximum Gasteiger partial charge on any atom is 0.435 e. The Hall–Kier alpha value is -3.19. The summed E-state index contributed by atoms with van der Waals surface area (Å²) in [4.78, 5) is 4.30. The summed E-state index contributed by atoms with van der Waals surface area (Å²) in [5.74, 6) is 0. The minimum atomic E-state index is -4.50. The van der Waals surface area contributed by atoms with Crippen LogP contribution in [0.1, 0.15) is 37.4 Å². The van der Waals surface area contributed by atoms with Gasteiger partial charge in [-0.25, -0.2) is 0 Å². The fraction of sp³-hybridized carbons (Fsp3) is 0.231. The van der Waals surface area contributed by atoms with Gasteiger partial charge < -0.3 is 0 Å². The summed E-state index contributed by atoms with van der Waals surface area (Å²) in [6, 6.07) is 17.7. The van der Waals surface area contributed by atoms with Gasteiger partial charge in [0.1, 0.15) is 0 Å². The zero-order valence-corrected chi connectivity index (χ0v) is 18.9. The van der Waals surface area contributed by atoms with Gasteiger partial charge in [-0.15, -0.1) is 11.3 Å². The highest BCUT2D eigenvalue weighted by Gasteiger charge is 2.34. The number of hydrogen-bond acceptors (Lipinski definition) is 3. The summed E-state index contributed by atoms with van der Waals surface area (Å²) in [6.45, 7) is 2.19. The number of alkyl halides is 3. The Morgan fingerprint density at radius 3 is 2.58 bits per heavy atom. The number of H-pyrrole nitrogens is 1. The van der Waals surface area contributed by atoms with Gasteiger partial charge in [-0.1, -0.05) is 38.0 Å². The molecule has 3 aromatic heterocycles. The third-order valence-electron chi connectivity index (χ3n) is 5.87. The molecular formula is C26H22F3N3S. The molecule has 0 saturated heterocycles. The van der Waals surface area contributed by atoms with Crippen LogP contribution in [-0.4, -0.2) is 15.2 Å².